The molecule has 4 rings (SSSR count). The summed E-state index contributed by atoms with van der Waals surface area (Å²) >= 11 is 0. The standard InChI is InChI=1S/C24H29N3O3/c1-5-30-22-13-17(6-7-21(22)28)20-12-16(2)19-14-18(15-23(29-4)24(19)25-20)27-10-8-26(3)9-11-27/h6-7,12-15,28H,5,8-11H2,1-4H3. The summed E-state index contributed by atoms with van der Waals surface area (Å²) in [7, 11) is 3.86. The second-order valence-corrected chi connectivity index (χ2v) is 7.77. The first-order valence-corrected chi connectivity index (χ1v) is 10.4. The van der Waals surface area contributed by atoms with Gasteiger partial charge >= 0.3 is 0 Å². The highest BCUT2D eigenvalue weighted by Crippen LogP contribution is 2.36. The van der Waals surface area contributed by atoms with Crippen molar-refractivity contribution in [2.75, 3.05) is 51.8 Å². The summed E-state index contributed by atoms with van der Waals surface area (Å²) in [4.78, 5) is 9.67. The van der Waals surface area contributed by atoms with Crippen molar-refractivity contribution in [3.8, 4) is 28.5 Å². The maximum atomic E-state index is 10.0. The van der Waals surface area contributed by atoms with E-state index in [4.69, 9.17) is 14.5 Å². The number of rotatable bonds is 5. The Bertz CT molecular complexity index is 1060. The highest BCUT2D eigenvalue weighted by atomic mass is 16.5. The van der Waals surface area contributed by atoms with Crippen molar-refractivity contribution in [3.63, 3.8) is 0 Å². The monoisotopic (exact) mass is 407 g/mol. The quantitative estimate of drug-likeness (QED) is 0.688. The molecular weight excluding hydrogens is 378 g/mol. The number of hydrogen-bond donors (Lipinski definition) is 1. The number of methoxy groups -OCH3 is 1. The predicted molar refractivity (Wildman–Crippen MR) is 121 cm³/mol. The molecule has 1 aliphatic heterocycles. The third kappa shape index (κ3) is 3.87. The molecule has 158 valence electrons. The topological polar surface area (TPSA) is 58.1 Å². The van der Waals surface area contributed by atoms with Gasteiger partial charge in [-0.15, -0.1) is 0 Å². The van der Waals surface area contributed by atoms with E-state index in [2.05, 4.69) is 42.0 Å². The van der Waals surface area contributed by atoms with E-state index in [0.717, 1.165) is 59.7 Å². The zero-order valence-electron chi connectivity index (χ0n) is 18.1. The van der Waals surface area contributed by atoms with E-state index in [9.17, 15) is 5.11 Å². The van der Waals surface area contributed by atoms with Crippen LogP contribution in [0.1, 0.15) is 12.5 Å². The first-order chi connectivity index (χ1) is 14.5. The van der Waals surface area contributed by atoms with Gasteiger partial charge in [0.2, 0.25) is 0 Å². The molecule has 2 aromatic carbocycles. The van der Waals surface area contributed by atoms with Gasteiger partial charge in [-0.25, -0.2) is 4.98 Å². The number of phenolic OH excluding ortho intramolecular Hbond substituents is 1. The number of fused-ring (bicyclic) bond motifs is 1. The Balaban J connectivity index is 1.78. The second-order valence-electron chi connectivity index (χ2n) is 7.77. The van der Waals surface area contributed by atoms with Crippen LogP contribution in [0.5, 0.6) is 17.2 Å². The third-order valence-corrected chi connectivity index (χ3v) is 5.71. The van der Waals surface area contributed by atoms with Crippen LogP contribution in [-0.4, -0.2) is 61.9 Å². The maximum Gasteiger partial charge on any atom is 0.161 e. The zero-order chi connectivity index (χ0) is 21.3. The van der Waals surface area contributed by atoms with E-state index >= 15 is 0 Å². The molecule has 1 N–H and O–H groups in total. The number of aromatic hydroxyl groups is 1. The molecule has 1 aromatic heterocycles. The molecule has 1 saturated heterocycles. The molecule has 0 amide bonds. The Hall–Kier alpha value is -2.99. The molecule has 3 aromatic rings. The molecule has 6 heteroatoms. The van der Waals surface area contributed by atoms with E-state index in [1.165, 1.54) is 5.69 Å². The SMILES string of the molecule is CCOc1cc(-c2cc(C)c3cc(N4CCN(C)CC4)cc(OC)c3n2)ccc1O. The normalized spacial score (nSPS) is 14.9. The van der Waals surface area contributed by atoms with Crippen molar-refractivity contribution in [2.24, 2.45) is 0 Å². The molecule has 0 atom stereocenters. The van der Waals surface area contributed by atoms with Crippen LogP contribution in [0.3, 0.4) is 0 Å². The number of nitrogens with zero attached hydrogens (tertiary/aromatic N) is 3. The van der Waals surface area contributed by atoms with Gasteiger partial charge in [0.25, 0.3) is 0 Å². The molecule has 0 radical (unpaired) electrons. The van der Waals surface area contributed by atoms with E-state index in [0.29, 0.717) is 12.4 Å². The van der Waals surface area contributed by atoms with Crippen molar-refractivity contribution in [3.05, 3.63) is 42.0 Å². The molecule has 6 nitrogen and oxygen atoms in total. The molecule has 1 fully saturated rings. The molecule has 30 heavy (non-hydrogen) atoms. The number of pyridine rings is 1. The highest BCUT2D eigenvalue weighted by Gasteiger charge is 2.18. The lowest BCUT2D eigenvalue weighted by Crippen LogP contribution is -2.44. The molecule has 0 bridgehead atoms. The van der Waals surface area contributed by atoms with Crippen molar-refractivity contribution in [2.45, 2.75) is 13.8 Å². The fourth-order valence-corrected chi connectivity index (χ4v) is 3.94. The van der Waals surface area contributed by atoms with Gasteiger partial charge in [-0.1, -0.05) is 0 Å². The van der Waals surface area contributed by atoms with Crippen LogP contribution < -0.4 is 14.4 Å². The molecular formula is C24H29N3O3. The van der Waals surface area contributed by atoms with Crippen LogP contribution in [0.4, 0.5) is 5.69 Å². The molecule has 2 heterocycles. The average molecular weight is 408 g/mol. The summed E-state index contributed by atoms with van der Waals surface area (Å²) in [5.74, 6) is 1.37. The minimum atomic E-state index is 0.132. The molecule has 0 aliphatic carbocycles. The number of aryl methyl sites for hydroxylation is 1. The van der Waals surface area contributed by atoms with Crippen LogP contribution in [0, 0.1) is 6.92 Å². The number of piperazine rings is 1. The summed E-state index contributed by atoms with van der Waals surface area (Å²) in [5.41, 5.74) is 4.87. The summed E-state index contributed by atoms with van der Waals surface area (Å²) in [6.07, 6.45) is 0. The average Bonchev–Trinajstić information content (AvgIpc) is 2.75. The van der Waals surface area contributed by atoms with Gasteiger partial charge in [0.15, 0.2) is 11.5 Å². The summed E-state index contributed by atoms with van der Waals surface area (Å²) in [6, 6.07) is 11.7. The van der Waals surface area contributed by atoms with Crippen molar-refractivity contribution < 1.29 is 14.6 Å². The zero-order valence-corrected chi connectivity index (χ0v) is 18.1. The first kappa shape index (κ1) is 20.3. The van der Waals surface area contributed by atoms with E-state index in [1.54, 1.807) is 13.2 Å². The Morgan fingerprint density at radius 3 is 2.50 bits per heavy atom. The van der Waals surface area contributed by atoms with E-state index < -0.39 is 0 Å². The molecule has 0 spiro atoms. The van der Waals surface area contributed by atoms with Crippen molar-refractivity contribution in [1.82, 2.24) is 9.88 Å². The third-order valence-electron chi connectivity index (χ3n) is 5.71. The first-order valence-electron chi connectivity index (χ1n) is 10.4. The van der Waals surface area contributed by atoms with Gasteiger partial charge in [0.1, 0.15) is 11.3 Å². The van der Waals surface area contributed by atoms with Gasteiger partial charge in [0, 0.05) is 48.9 Å². The van der Waals surface area contributed by atoms with Crippen LogP contribution in [0.15, 0.2) is 36.4 Å². The van der Waals surface area contributed by atoms with Crippen LogP contribution in [0.25, 0.3) is 22.2 Å². The Morgan fingerprint density at radius 1 is 1.03 bits per heavy atom. The summed E-state index contributed by atoms with van der Waals surface area (Å²) < 4.78 is 11.3. The fraction of sp³-hybridized carbons (Fsp3) is 0.375. The number of anilines is 1. The van der Waals surface area contributed by atoms with E-state index in [1.807, 2.05) is 19.1 Å². The second kappa shape index (κ2) is 8.40. The fourth-order valence-electron chi connectivity index (χ4n) is 3.94. The number of aromatic nitrogens is 1. The lowest BCUT2D eigenvalue weighted by Gasteiger charge is -2.34. The lowest BCUT2D eigenvalue weighted by molar-refractivity contribution is 0.312. The number of likely N-dealkylation sites (N-methyl/N-ethyl adjacent to an activating group) is 1. The Kier molecular flexibility index (Phi) is 5.68. The van der Waals surface area contributed by atoms with Gasteiger partial charge in [-0.2, -0.15) is 0 Å². The molecule has 0 unspecified atom stereocenters. The predicted octanol–water partition coefficient (Wildman–Crippen LogP) is 4.07. The van der Waals surface area contributed by atoms with E-state index in [-0.39, 0.29) is 5.75 Å². The lowest BCUT2D eigenvalue weighted by atomic mass is 10.0. The molecule has 0 saturated carbocycles. The number of phenols is 1. The van der Waals surface area contributed by atoms with Crippen LogP contribution in [0.2, 0.25) is 0 Å². The highest BCUT2D eigenvalue weighted by molar-refractivity contribution is 5.93. The molecule has 1 aliphatic rings. The van der Waals surface area contributed by atoms with Gasteiger partial charge < -0.3 is 24.4 Å². The van der Waals surface area contributed by atoms with Gasteiger partial charge in [-0.05, 0) is 56.8 Å². The van der Waals surface area contributed by atoms with Crippen molar-refractivity contribution >= 4 is 16.6 Å². The summed E-state index contributed by atoms with van der Waals surface area (Å²) in [6.45, 7) is 8.61. The Morgan fingerprint density at radius 2 is 1.80 bits per heavy atom. The largest absolute Gasteiger partial charge is 0.504 e. The number of ether oxygens (including phenoxy) is 2. The van der Waals surface area contributed by atoms with Crippen molar-refractivity contribution in [1.29, 1.82) is 0 Å². The minimum absolute atomic E-state index is 0.132. The Labute approximate surface area is 177 Å². The number of hydrogen-bond acceptors (Lipinski definition) is 6. The smallest absolute Gasteiger partial charge is 0.161 e. The minimum Gasteiger partial charge on any atom is -0.504 e. The van der Waals surface area contributed by atoms with Gasteiger partial charge in [0.05, 0.1) is 19.4 Å². The van der Waals surface area contributed by atoms with Crippen LogP contribution in [-0.2, 0) is 0 Å². The summed E-state index contributed by atoms with van der Waals surface area (Å²) in [5, 5.41) is 11.1. The van der Waals surface area contributed by atoms with Gasteiger partial charge in [-0.3, -0.25) is 0 Å². The maximum absolute atomic E-state index is 10.0. The van der Waals surface area contributed by atoms with Crippen LogP contribution >= 0.6 is 0 Å². The number of benzene rings is 2.